The third-order valence-corrected chi connectivity index (χ3v) is 7.51. The van der Waals surface area contributed by atoms with Gasteiger partial charge in [0.2, 0.25) is 10.0 Å². The molecule has 1 N–H and O–H groups in total. The molecule has 0 aromatic heterocycles. The minimum Gasteiger partial charge on any atom is -0.495 e. The highest BCUT2D eigenvalue weighted by molar-refractivity contribution is 7.89. The Morgan fingerprint density at radius 3 is 2.38 bits per heavy atom. The minimum atomic E-state index is -3.91. The van der Waals surface area contributed by atoms with Gasteiger partial charge in [-0.25, -0.2) is 17.2 Å². The number of halogens is 2. The number of benzene rings is 2. The van der Waals surface area contributed by atoms with Gasteiger partial charge in [-0.05, 0) is 50.1 Å². The van der Waals surface area contributed by atoms with Crippen LogP contribution in [0.2, 0.25) is 0 Å². The van der Waals surface area contributed by atoms with E-state index in [2.05, 4.69) is 5.32 Å². The number of hydrogen-bond acceptors (Lipinski definition) is 5. The van der Waals surface area contributed by atoms with E-state index in [4.69, 9.17) is 4.74 Å². The monoisotopic (exact) mass is 467 g/mol. The van der Waals surface area contributed by atoms with Crippen molar-refractivity contribution in [3.05, 3.63) is 47.5 Å². The van der Waals surface area contributed by atoms with Crippen LogP contribution in [0.25, 0.3) is 0 Å². The molecule has 0 spiro atoms. The SMILES string of the molecule is COc1ccc(C(=O)Nc2cc(F)c(N(C)C)c(F)c2)cc1S(=O)(=O)N1CCCCC1C. The van der Waals surface area contributed by atoms with Crippen molar-refractivity contribution in [1.29, 1.82) is 0 Å². The Hall–Kier alpha value is -2.72. The molecule has 174 valence electrons. The number of sulfonamides is 1. The molecule has 3 rings (SSSR count). The van der Waals surface area contributed by atoms with Crippen molar-refractivity contribution in [2.24, 2.45) is 0 Å². The second-order valence-electron chi connectivity index (χ2n) is 7.96. The highest BCUT2D eigenvalue weighted by Gasteiger charge is 2.33. The molecule has 1 aliphatic rings. The van der Waals surface area contributed by atoms with Gasteiger partial charge in [0, 0.05) is 37.9 Å². The van der Waals surface area contributed by atoms with Gasteiger partial charge in [-0.3, -0.25) is 4.79 Å². The van der Waals surface area contributed by atoms with Crippen molar-refractivity contribution in [3.8, 4) is 5.75 Å². The summed E-state index contributed by atoms with van der Waals surface area (Å²) in [6.45, 7) is 2.24. The average molecular weight is 468 g/mol. The van der Waals surface area contributed by atoms with E-state index in [1.807, 2.05) is 6.92 Å². The number of nitrogens with one attached hydrogen (secondary N) is 1. The Labute approximate surface area is 187 Å². The first-order chi connectivity index (χ1) is 15.1. The van der Waals surface area contributed by atoms with Crippen LogP contribution >= 0.6 is 0 Å². The molecule has 1 fully saturated rings. The van der Waals surface area contributed by atoms with Crippen LogP contribution in [0.4, 0.5) is 20.2 Å². The Morgan fingerprint density at radius 2 is 1.81 bits per heavy atom. The number of methoxy groups -OCH3 is 1. The van der Waals surface area contributed by atoms with Crippen molar-refractivity contribution in [3.63, 3.8) is 0 Å². The van der Waals surface area contributed by atoms with Crippen LogP contribution < -0.4 is 15.0 Å². The second-order valence-corrected chi connectivity index (χ2v) is 9.82. The van der Waals surface area contributed by atoms with Gasteiger partial charge < -0.3 is 15.0 Å². The predicted octanol–water partition coefficient (Wildman–Crippen LogP) is 3.85. The first kappa shape index (κ1) is 23.9. The third-order valence-electron chi connectivity index (χ3n) is 5.48. The van der Waals surface area contributed by atoms with E-state index in [0.717, 1.165) is 31.4 Å². The molecule has 2 aromatic rings. The van der Waals surface area contributed by atoms with Crippen LogP contribution in [-0.2, 0) is 10.0 Å². The van der Waals surface area contributed by atoms with Crippen molar-refractivity contribution in [1.82, 2.24) is 4.31 Å². The van der Waals surface area contributed by atoms with E-state index in [0.29, 0.717) is 6.54 Å². The highest BCUT2D eigenvalue weighted by atomic mass is 32.2. The summed E-state index contributed by atoms with van der Waals surface area (Å²) in [6.07, 6.45) is 2.46. The number of ether oxygens (including phenoxy) is 1. The van der Waals surface area contributed by atoms with E-state index in [9.17, 15) is 22.0 Å². The molecular weight excluding hydrogens is 440 g/mol. The summed E-state index contributed by atoms with van der Waals surface area (Å²) in [6, 6.07) is 5.86. The largest absolute Gasteiger partial charge is 0.495 e. The zero-order chi connectivity index (χ0) is 23.6. The van der Waals surface area contributed by atoms with Gasteiger partial charge in [0.1, 0.15) is 16.3 Å². The van der Waals surface area contributed by atoms with Gasteiger partial charge in [0.15, 0.2) is 11.6 Å². The Morgan fingerprint density at radius 1 is 1.16 bits per heavy atom. The summed E-state index contributed by atoms with van der Waals surface area (Å²) in [5.41, 5.74) is -0.288. The lowest BCUT2D eigenvalue weighted by atomic mass is 10.1. The molecule has 7 nitrogen and oxygen atoms in total. The van der Waals surface area contributed by atoms with E-state index >= 15 is 0 Å². The number of amides is 1. The molecule has 32 heavy (non-hydrogen) atoms. The minimum absolute atomic E-state index is 0.0199. The molecule has 1 saturated heterocycles. The van der Waals surface area contributed by atoms with Gasteiger partial charge >= 0.3 is 0 Å². The quantitative estimate of drug-likeness (QED) is 0.698. The number of piperidine rings is 1. The zero-order valence-electron chi connectivity index (χ0n) is 18.5. The summed E-state index contributed by atoms with van der Waals surface area (Å²) in [5.74, 6) is -2.25. The fraction of sp³-hybridized carbons (Fsp3) is 0.409. The molecule has 1 amide bonds. The number of nitrogens with zero attached hydrogens (tertiary/aromatic N) is 2. The standard InChI is InChI=1S/C22H27F2N3O4S/c1-14-7-5-6-10-27(14)32(29,30)20-11-15(8-9-19(20)31-4)22(28)25-16-12-17(23)21(26(2)3)18(24)13-16/h8-9,11-14H,5-7,10H2,1-4H3,(H,25,28). The molecule has 0 aliphatic carbocycles. The Balaban J connectivity index is 1.94. The molecule has 1 atom stereocenters. The Kier molecular flexibility index (Phi) is 7.04. The normalized spacial score (nSPS) is 17.1. The summed E-state index contributed by atoms with van der Waals surface area (Å²) in [7, 11) is 0.449. The molecule has 1 aliphatic heterocycles. The summed E-state index contributed by atoms with van der Waals surface area (Å²) >= 11 is 0. The van der Waals surface area contributed by atoms with Crippen LogP contribution in [0, 0.1) is 11.6 Å². The molecule has 0 bridgehead atoms. The lowest BCUT2D eigenvalue weighted by Crippen LogP contribution is -2.42. The predicted molar refractivity (Wildman–Crippen MR) is 119 cm³/mol. The van der Waals surface area contributed by atoms with Gasteiger partial charge in [0.25, 0.3) is 5.91 Å². The molecular formula is C22H27F2N3O4S. The lowest BCUT2D eigenvalue weighted by molar-refractivity contribution is 0.102. The van der Waals surface area contributed by atoms with Gasteiger partial charge in [-0.15, -0.1) is 0 Å². The van der Waals surface area contributed by atoms with Crippen LogP contribution in [0.15, 0.2) is 35.2 Å². The second kappa shape index (κ2) is 9.41. The number of anilines is 2. The van der Waals surface area contributed by atoms with Crippen molar-refractivity contribution in [2.45, 2.75) is 37.1 Å². The summed E-state index contributed by atoms with van der Waals surface area (Å²) in [5, 5.41) is 2.42. The maximum absolute atomic E-state index is 14.2. The topological polar surface area (TPSA) is 79.0 Å². The van der Waals surface area contributed by atoms with Crippen molar-refractivity contribution in [2.75, 3.05) is 38.0 Å². The fourth-order valence-corrected chi connectivity index (χ4v) is 5.73. The van der Waals surface area contributed by atoms with Crippen LogP contribution in [0.5, 0.6) is 5.75 Å². The molecule has 10 heteroatoms. The van der Waals surface area contributed by atoms with E-state index in [-0.39, 0.29) is 33.6 Å². The van der Waals surface area contributed by atoms with Gasteiger partial charge in [0.05, 0.1) is 7.11 Å². The molecule has 0 radical (unpaired) electrons. The highest BCUT2D eigenvalue weighted by Crippen LogP contribution is 2.32. The zero-order valence-corrected chi connectivity index (χ0v) is 19.3. The van der Waals surface area contributed by atoms with E-state index in [1.165, 1.54) is 48.6 Å². The van der Waals surface area contributed by atoms with Crippen LogP contribution in [0.3, 0.4) is 0 Å². The van der Waals surface area contributed by atoms with E-state index in [1.54, 1.807) is 0 Å². The molecule has 2 aromatic carbocycles. The van der Waals surface area contributed by atoms with Crippen LogP contribution in [0.1, 0.15) is 36.5 Å². The number of rotatable bonds is 6. The fourth-order valence-electron chi connectivity index (χ4n) is 3.84. The Bertz CT molecular complexity index is 1100. The first-order valence-corrected chi connectivity index (χ1v) is 11.7. The number of carbonyl (C=O) groups excluding carboxylic acids is 1. The maximum atomic E-state index is 14.2. The van der Waals surface area contributed by atoms with Gasteiger partial charge in [-0.2, -0.15) is 4.31 Å². The molecule has 0 saturated carbocycles. The molecule has 1 heterocycles. The van der Waals surface area contributed by atoms with E-state index < -0.39 is 27.6 Å². The number of carbonyl (C=O) groups is 1. The smallest absolute Gasteiger partial charge is 0.255 e. The average Bonchev–Trinajstić information content (AvgIpc) is 2.72. The summed E-state index contributed by atoms with van der Waals surface area (Å²) < 4.78 is 61.8. The first-order valence-electron chi connectivity index (χ1n) is 10.2. The van der Waals surface area contributed by atoms with Crippen LogP contribution in [-0.4, -0.2) is 52.4 Å². The van der Waals surface area contributed by atoms with Crippen molar-refractivity contribution >= 4 is 27.3 Å². The number of hydrogen-bond donors (Lipinski definition) is 1. The van der Waals surface area contributed by atoms with Crippen molar-refractivity contribution < 1.29 is 26.7 Å². The third kappa shape index (κ3) is 4.71. The molecule has 1 unspecified atom stereocenters. The lowest BCUT2D eigenvalue weighted by Gasteiger charge is -2.32. The maximum Gasteiger partial charge on any atom is 0.255 e. The van der Waals surface area contributed by atoms with Gasteiger partial charge in [-0.1, -0.05) is 6.42 Å². The summed E-state index contributed by atoms with van der Waals surface area (Å²) in [4.78, 5) is 13.9.